The van der Waals surface area contributed by atoms with Crippen LogP contribution in [0.2, 0.25) is 5.02 Å². The summed E-state index contributed by atoms with van der Waals surface area (Å²) < 4.78 is 1.16. The maximum Gasteiger partial charge on any atom is 0.0406 e. The van der Waals surface area contributed by atoms with Gasteiger partial charge in [-0.3, -0.25) is 0 Å². The van der Waals surface area contributed by atoms with E-state index >= 15 is 0 Å². The predicted molar refractivity (Wildman–Crippen MR) is 90.5 cm³/mol. The Morgan fingerprint density at radius 1 is 1.15 bits per heavy atom. The van der Waals surface area contributed by atoms with Gasteiger partial charge in [-0.1, -0.05) is 58.7 Å². The van der Waals surface area contributed by atoms with Crippen molar-refractivity contribution in [3.8, 4) is 0 Å². The van der Waals surface area contributed by atoms with Crippen molar-refractivity contribution in [2.45, 2.75) is 26.3 Å². The summed E-state index contributed by atoms with van der Waals surface area (Å²) in [6.45, 7) is 5.19. The lowest BCUT2D eigenvalue weighted by atomic mass is 9.98. The van der Waals surface area contributed by atoms with Crippen LogP contribution in [0.25, 0.3) is 0 Å². The molecule has 1 atom stereocenters. The molecule has 0 heterocycles. The highest BCUT2D eigenvalue weighted by molar-refractivity contribution is 9.10. The van der Waals surface area contributed by atoms with Crippen LogP contribution >= 0.6 is 27.5 Å². The molecule has 106 valence electrons. The van der Waals surface area contributed by atoms with Crippen molar-refractivity contribution in [3.05, 3.63) is 68.7 Å². The molecule has 2 rings (SSSR count). The molecule has 1 N–H and O–H groups in total. The Kier molecular flexibility index (Phi) is 5.64. The zero-order valence-electron chi connectivity index (χ0n) is 11.8. The molecule has 0 spiro atoms. The molecule has 0 bridgehead atoms. The van der Waals surface area contributed by atoms with Gasteiger partial charge in [0.2, 0.25) is 0 Å². The molecule has 0 radical (unpaired) electrons. The Morgan fingerprint density at radius 2 is 1.85 bits per heavy atom. The fraction of sp³-hybridized carbons (Fsp3) is 0.294. The maximum atomic E-state index is 5.95. The fourth-order valence-electron chi connectivity index (χ4n) is 2.31. The first kappa shape index (κ1) is 15.6. The zero-order chi connectivity index (χ0) is 14.5. The quantitative estimate of drug-likeness (QED) is 0.769. The number of aryl methyl sites for hydroxylation is 1. The molecule has 0 aliphatic heterocycles. The summed E-state index contributed by atoms with van der Waals surface area (Å²) in [6.07, 6.45) is 0.951. The van der Waals surface area contributed by atoms with Gasteiger partial charge in [0.25, 0.3) is 0 Å². The summed E-state index contributed by atoms with van der Waals surface area (Å²) in [5.74, 6) is 0. The molecule has 0 aliphatic carbocycles. The van der Waals surface area contributed by atoms with E-state index < -0.39 is 0 Å². The second-order valence-corrected chi connectivity index (χ2v) is 6.26. The Balaban J connectivity index is 2.24. The minimum atomic E-state index is 0.302. The summed E-state index contributed by atoms with van der Waals surface area (Å²) in [6, 6.07) is 14.9. The topological polar surface area (TPSA) is 12.0 Å². The summed E-state index contributed by atoms with van der Waals surface area (Å²) in [5, 5.41) is 4.34. The van der Waals surface area contributed by atoms with Crippen molar-refractivity contribution in [3.63, 3.8) is 0 Å². The molecule has 0 amide bonds. The number of hydrogen-bond acceptors (Lipinski definition) is 1. The zero-order valence-corrected chi connectivity index (χ0v) is 14.1. The van der Waals surface area contributed by atoms with Crippen molar-refractivity contribution < 1.29 is 0 Å². The van der Waals surface area contributed by atoms with Crippen molar-refractivity contribution in [1.29, 1.82) is 0 Å². The summed E-state index contributed by atoms with van der Waals surface area (Å²) >= 11 is 9.63. The van der Waals surface area contributed by atoms with Crippen LogP contribution in [0, 0.1) is 6.92 Å². The molecule has 0 fully saturated rings. The smallest absolute Gasteiger partial charge is 0.0406 e. The first-order valence-corrected chi connectivity index (χ1v) is 8.01. The molecule has 2 aromatic rings. The van der Waals surface area contributed by atoms with Gasteiger partial charge in [0.1, 0.15) is 0 Å². The lowest BCUT2D eigenvalue weighted by Crippen LogP contribution is -2.23. The highest BCUT2D eigenvalue weighted by Crippen LogP contribution is 2.27. The minimum absolute atomic E-state index is 0.302. The normalized spacial score (nSPS) is 12.4. The minimum Gasteiger partial charge on any atom is -0.310 e. The van der Waals surface area contributed by atoms with Gasteiger partial charge < -0.3 is 5.32 Å². The molecular formula is C17H19BrClN. The van der Waals surface area contributed by atoms with E-state index in [2.05, 4.69) is 65.4 Å². The van der Waals surface area contributed by atoms with Crippen LogP contribution in [-0.2, 0) is 6.42 Å². The molecule has 0 aliphatic rings. The average Bonchev–Trinajstić information content (AvgIpc) is 2.41. The molecule has 3 heteroatoms. The molecule has 1 unspecified atom stereocenters. The van der Waals surface area contributed by atoms with E-state index in [-0.39, 0.29) is 0 Å². The first-order chi connectivity index (χ1) is 9.60. The molecule has 0 saturated carbocycles. The van der Waals surface area contributed by atoms with Gasteiger partial charge in [0.05, 0.1) is 0 Å². The maximum absolute atomic E-state index is 5.95. The van der Waals surface area contributed by atoms with Crippen LogP contribution < -0.4 is 5.32 Å². The molecular weight excluding hydrogens is 334 g/mol. The SMILES string of the molecule is CCNC(Cc1ccc(Cl)cc1)c1ccc(C)cc1Br. The van der Waals surface area contributed by atoms with Gasteiger partial charge >= 0.3 is 0 Å². The molecule has 2 aromatic carbocycles. The van der Waals surface area contributed by atoms with Crippen molar-refractivity contribution in [2.24, 2.45) is 0 Å². The lowest BCUT2D eigenvalue weighted by Gasteiger charge is -2.20. The van der Waals surface area contributed by atoms with Crippen LogP contribution in [0.1, 0.15) is 29.7 Å². The number of rotatable bonds is 5. The van der Waals surface area contributed by atoms with Gasteiger partial charge in [-0.15, -0.1) is 0 Å². The Labute approximate surface area is 134 Å². The van der Waals surface area contributed by atoms with Gasteiger partial charge in [0, 0.05) is 15.5 Å². The van der Waals surface area contributed by atoms with E-state index in [1.54, 1.807) is 0 Å². The van der Waals surface area contributed by atoms with Gasteiger partial charge in [-0.25, -0.2) is 0 Å². The van der Waals surface area contributed by atoms with Crippen LogP contribution in [-0.4, -0.2) is 6.54 Å². The third-order valence-electron chi connectivity index (χ3n) is 3.33. The van der Waals surface area contributed by atoms with E-state index in [4.69, 9.17) is 11.6 Å². The molecule has 0 aromatic heterocycles. The van der Waals surface area contributed by atoms with Crippen LogP contribution in [0.4, 0.5) is 0 Å². The number of nitrogens with one attached hydrogen (secondary N) is 1. The van der Waals surface area contributed by atoms with Crippen LogP contribution in [0.3, 0.4) is 0 Å². The van der Waals surface area contributed by atoms with Gasteiger partial charge in [-0.05, 0) is 54.8 Å². The summed E-state index contributed by atoms with van der Waals surface area (Å²) in [5.41, 5.74) is 3.85. The molecule has 0 saturated heterocycles. The van der Waals surface area contributed by atoms with E-state index in [1.165, 1.54) is 16.7 Å². The number of benzene rings is 2. The Bertz CT molecular complexity index is 566. The van der Waals surface area contributed by atoms with Crippen molar-refractivity contribution in [2.75, 3.05) is 6.54 Å². The Morgan fingerprint density at radius 3 is 2.45 bits per heavy atom. The summed E-state index contributed by atoms with van der Waals surface area (Å²) in [7, 11) is 0. The Hall–Kier alpha value is -0.830. The third kappa shape index (κ3) is 4.08. The van der Waals surface area contributed by atoms with Gasteiger partial charge in [0.15, 0.2) is 0 Å². The number of halogens is 2. The van der Waals surface area contributed by atoms with Crippen molar-refractivity contribution in [1.82, 2.24) is 5.32 Å². The highest BCUT2D eigenvalue weighted by atomic mass is 79.9. The van der Waals surface area contributed by atoms with Crippen LogP contribution in [0.5, 0.6) is 0 Å². The average molecular weight is 353 g/mol. The van der Waals surface area contributed by atoms with E-state index in [9.17, 15) is 0 Å². The second-order valence-electron chi connectivity index (χ2n) is 4.97. The molecule has 20 heavy (non-hydrogen) atoms. The monoisotopic (exact) mass is 351 g/mol. The lowest BCUT2D eigenvalue weighted by molar-refractivity contribution is 0.548. The van der Waals surface area contributed by atoms with Crippen molar-refractivity contribution >= 4 is 27.5 Å². The largest absolute Gasteiger partial charge is 0.310 e. The second kappa shape index (κ2) is 7.26. The molecule has 1 nitrogen and oxygen atoms in total. The van der Waals surface area contributed by atoms with Crippen LogP contribution in [0.15, 0.2) is 46.9 Å². The highest BCUT2D eigenvalue weighted by Gasteiger charge is 2.14. The summed E-state index contributed by atoms with van der Waals surface area (Å²) in [4.78, 5) is 0. The van der Waals surface area contributed by atoms with E-state index in [0.717, 1.165) is 22.5 Å². The van der Waals surface area contributed by atoms with E-state index in [1.807, 2.05) is 12.1 Å². The van der Waals surface area contributed by atoms with Gasteiger partial charge in [-0.2, -0.15) is 0 Å². The predicted octanol–water partition coefficient (Wildman–Crippen LogP) is 5.30. The first-order valence-electron chi connectivity index (χ1n) is 6.84. The third-order valence-corrected chi connectivity index (χ3v) is 4.27. The number of hydrogen-bond donors (Lipinski definition) is 1. The fourth-order valence-corrected chi connectivity index (χ4v) is 3.21. The number of likely N-dealkylation sites (N-methyl/N-ethyl adjacent to an activating group) is 1. The van der Waals surface area contributed by atoms with E-state index in [0.29, 0.717) is 6.04 Å². The standard InChI is InChI=1S/C17H19BrClN/c1-3-20-17(11-13-5-7-14(19)8-6-13)15-9-4-12(2)10-16(15)18/h4-10,17,20H,3,11H2,1-2H3.